The van der Waals surface area contributed by atoms with Crippen LogP contribution < -0.4 is 10.6 Å². The number of aryl methyl sites for hydroxylation is 2. The van der Waals surface area contributed by atoms with Gasteiger partial charge in [-0.1, -0.05) is 6.07 Å². The molecule has 0 bridgehead atoms. The van der Waals surface area contributed by atoms with Gasteiger partial charge in [0.1, 0.15) is 5.60 Å². The van der Waals surface area contributed by atoms with Crippen LogP contribution in [-0.2, 0) is 11.3 Å². The van der Waals surface area contributed by atoms with Gasteiger partial charge < -0.3 is 10.1 Å². The molecule has 0 fully saturated rings. The molecule has 124 valence electrons. The first-order valence-electron chi connectivity index (χ1n) is 7.59. The minimum Gasteiger partial charge on any atom is -0.444 e. The van der Waals surface area contributed by atoms with Crippen LogP contribution in [0.15, 0.2) is 24.3 Å². The van der Waals surface area contributed by atoms with Crippen LogP contribution in [-0.4, -0.2) is 21.9 Å². The second kappa shape index (κ2) is 6.73. The van der Waals surface area contributed by atoms with Gasteiger partial charge in [-0.15, -0.1) is 0 Å². The highest BCUT2D eigenvalue weighted by Gasteiger charge is 2.16. The average molecular weight is 316 g/mol. The summed E-state index contributed by atoms with van der Waals surface area (Å²) in [6.45, 7) is 10.1. The Bertz CT molecular complexity index is 667. The Labute approximate surface area is 136 Å². The summed E-state index contributed by atoms with van der Waals surface area (Å²) in [7, 11) is 0. The van der Waals surface area contributed by atoms with Crippen LogP contribution in [0.5, 0.6) is 0 Å². The van der Waals surface area contributed by atoms with E-state index in [4.69, 9.17) is 4.74 Å². The third-order valence-electron chi connectivity index (χ3n) is 3.26. The third kappa shape index (κ3) is 5.02. The largest absolute Gasteiger partial charge is 0.444 e. The van der Waals surface area contributed by atoms with Crippen LogP contribution >= 0.6 is 0 Å². The van der Waals surface area contributed by atoms with Gasteiger partial charge in [-0.05, 0) is 52.8 Å². The third-order valence-corrected chi connectivity index (χ3v) is 3.26. The van der Waals surface area contributed by atoms with E-state index >= 15 is 0 Å². The van der Waals surface area contributed by atoms with Crippen LogP contribution in [0, 0.1) is 13.8 Å². The maximum absolute atomic E-state index is 11.8. The van der Waals surface area contributed by atoms with Gasteiger partial charge in [0.2, 0.25) is 0 Å². The van der Waals surface area contributed by atoms with Gasteiger partial charge in [0.05, 0.1) is 5.69 Å². The van der Waals surface area contributed by atoms with Crippen molar-refractivity contribution in [2.24, 2.45) is 0 Å². The number of nitrogens with one attached hydrogen (secondary N) is 3. The second-order valence-corrected chi connectivity index (χ2v) is 6.47. The zero-order chi connectivity index (χ0) is 17.0. The van der Waals surface area contributed by atoms with Crippen molar-refractivity contribution in [3.05, 3.63) is 41.2 Å². The molecule has 1 aromatic carbocycles. The molecular weight excluding hydrogens is 292 g/mol. The first-order chi connectivity index (χ1) is 10.7. The lowest BCUT2D eigenvalue weighted by atomic mass is 10.2. The standard InChI is InChI=1S/C17H24N4O2/c1-11-15(12(2)21-20-11)10-18-13-7-6-8-14(9-13)19-16(22)23-17(3,4)5/h6-9,18H,10H2,1-5H3,(H,19,22)(H,20,21). The van der Waals surface area contributed by atoms with Crippen LogP contribution in [0.3, 0.4) is 0 Å². The molecule has 0 aliphatic rings. The fourth-order valence-electron chi connectivity index (χ4n) is 2.15. The van der Waals surface area contributed by atoms with Crippen molar-refractivity contribution in [3.8, 4) is 0 Å². The number of rotatable bonds is 4. The number of ether oxygens (including phenoxy) is 1. The summed E-state index contributed by atoms with van der Waals surface area (Å²) in [5.74, 6) is 0. The van der Waals surface area contributed by atoms with Crippen LogP contribution in [0.1, 0.15) is 37.7 Å². The van der Waals surface area contributed by atoms with Crippen molar-refractivity contribution in [2.45, 2.75) is 46.8 Å². The van der Waals surface area contributed by atoms with Crippen LogP contribution in [0.4, 0.5) is 16.2 Å². The molecule has 6 nitrogen and oxygen atoms in total. The molecule has 0 aliphatic carbocycles. The predicted molar refractivity (Wildman–Crippen MR) is 91.7 cm³/mol. The van der Waals surface area contributed by atoms with Crippen molar-refractivity contribution < 1.29 is 9.53 Å². The van der Waals surface area contributed by atoms with Crippen molar-refractivity contribution in [3.63, 3.8) is 0 Å². The van der Waals surface area contributed by atoms with E-state index in [-0.39, 0.29) is 0 Å². The Hall–Kier alpha value is -2.50. The normalized spacial score (nSPS) is 11.2. The summed E-state index contributed by atoms with van der Waals surface area (Å²) in [5, 5.41) is 13.2. The molecule has 23 heavy (non-hydrogen) atoms. The molecule has 0 saturated heterocycles. The van der Waals surface area contributed by atoms with E-state index < -0.39 is 11.7 Å². The minimum absolute atomic E-state index is 0.462. The molecule has 1 amide bonds. The molecule has 0 spiro atoms. The molecule has 0 atom stereocenters. The van der Waals surface area contributed by atoms with Crippen molar-refractivity contribution in [1.29, 1.82) is 0 Å². The highest BCUT2D eigenvalue weighted by atomic mass is 16.6. The van der Waals surface area contributed by atoms with E-state index in [1.54, 1.807) is 0 Å². The topological polar surface area (TPSA) is 79.0 Å². The highest BCUT2D eigenvalue weighted by Crippen LogP contribution is 2.18. The molecule has 0 aliphatic heterocycles. The number of amides is 1. The van der Waals surface area contributed by atoms with E-state index in [9.17, 15) is 4.79 Å². The number of anilines is 2. The summed E-state index contributed by atoms with van der Waals surface area (Å²) in [5.41, 5.74) is 4.27. The van der Waals surface area contributed by atoms with E-state index in [1.807, 2.05) is 58.9 Å². The van der Waals surface area contributed by atoms with E-state index in [0.29, 0.717) is 12.2 Å². The zero-order valence-electron chi connectivity index (χ0n) is 14.3. The lowest BCUT2D eigenvalue weighted by molar-refractivity contribution is 0.0636. The Morgan fingerprint density at radius 2 is 1.96 bits per heavy atom. The highest BCUT2D eigenvalue weighted by molar-refractivity contribution is 5.85. The maximum atomic E-state index is 11.8. The SMILES string of the molecule is Cc1n[nH]c(C)c1CNc1cccc(NC(=O)OC(C)(C)C)c1. The van der Waals surface area contributed by atoms with Crippen LogP contribution in [0.2, 0.25) is 0 Å². The number of nitrogens with zero attached hydrogens (tertiary/aromatic N) is 1. The Morgan fingerprint density at radius 1 is 1.26 bits per heavy atom. The summed E-state index contributed by atoms with van der Waals surface area (Å²) in [4.78, 5) is 11.8. The average Bonchev–Trinajstić information content (AvgIpc) is 2.74. The number of hydrogen-bond donors (Lipinski definition) is 3. The summed E-state index contributed by atoms with van der Waals surface area (Å²) in [6.07, 6.45) is -0.462. The molecule has 0 radical (unpaired) electrons. The number of hydrogen-bond acceptors (Lipinski definition) is 4. The zero-order valence-corrected chi connectivity index (χ0v) is 14.3. The van der Waals surface area contributed by atoms with Gasteiger partial charge >= 0.3 is 6.09 Å². The molecule has 2 aromatic rings. The molecule has 2 rings (SSSR count). The van der Waals surface area contributed by atoms with Gasteiger partial charge in [0.15, 0.2) is 0 Å². The molecular formula is C17H24N4O2. The fraction of sp³-hybridized carbons (Fsp3) is 0.412. The van der Waals surface area contributed by atoms with Gasteiger partial charge in [-0.25, -0.2) is 4.79 Å². The Balaban J connectivity index is 1.98. The monoisotopic (exact) mass is 316 g/mol. The smallest absolute Gasteiger partial charge is 0.412 e. The molecule has 0 saturated carbocycles. The molecule has 3 N–H and O–H groups in total. The lowest BCUT2D eigenvalue weighted by Crippen LogP contribution is -2.27. The molecule has 0 unspecified atom stereocenters. The quantitative estimate of drug-likeness (QED) is 0.797. The fourth-order valence-corrected chi connectivity index (χ4v) is 2.15. The van der Waals surface area contributed by atoms with E-state index in [0.717, 1.165) is 22.6 Å². The minimum atomic E-state index is -0.518. The van der Waals surface area contributed by atoms with Crippen molar-refractivity contribution >= 4 is 17.5 Å². The van der Waals surface area contributed by atoms with Gasteiger partial charge in [-0.2, -0.15) is 5.10 Å². The number of aromatic amines is 1. The lowest BCUT2D eigenvalue weighted by Gasteiger charge is -2.19. The van der Waals surface area contributed by atoms with Gasteiger partial charge in [-0.3, -0.25) is 10.4 Å². The van der Waals surface area contributed by atoms with E-state index in [1.165, 1.54) is 0 Å². The van der Waals surface area contributed by atoms with E-state index in [2.05, 4.69) is 20.8 Å². The number of benzene rings is 1. The second-order valence-electron chi connectivity index (χ2n) is 6.47. The molecule has 1 heterocycles. The Morgan fingerprint density at radius 3 is 2.57 bits per heavy atom. The summed E-state index contributed by atoms with van der Waals surface area (Å²) >= 11 is 0. The van der Waals surface area contributed by atoms with Crippen molar-refractivity contribution in [2.75, 3.05) is 10.6 Å². The maximum Gasteiger partial charge on any atom is 0.412 e. The Kier molecular flexibility index (Phi) is 4.93. The number of carbonyl (C=O) groups is 1. The first-order valence-corrected chi connectivity index (χ1v) is 7.59. The first kappa shape index (κ1) is 16.9. The van der Waals surface area contributed by atoms with Crippen molar-refractivity contribution in [1.82, 2.24) is 10.2 Å². The predicted octanol–water partition coefficient (Wildman–Crippen LogP) is 3.99. The molecule has 1 aromatic heterocycles. The number of aromatic nitrogens is 2. The number of H-pyrrole nitrogens is 1. The van der Waals surface area contributed by atoms with Gasteiger partial charge in [0, 0.05) is 29.2 Å². The van der Waals surface area contributed by atoms with Gasteiger partial charge in [0.25, 0.3) is 0 Å². The summed E-state index contributed by atoms with van der Waals surface area (Å²) < 4.78 is 5.25. The molecule has 6 heteroatoms. The number of carbonyl (C=O) groups excluding carboxylic acids is 1. The van der Waals surface area contributed by atoms with Crippen LogP contribution in [0.25, 0.3) is 0 Å². The summed E-state index contributed by atoms with van der Waals surface area (Å²) in [6, 6.07) is 7.52.